The maximum Gasteiger partial charge on any atom is 0.191 e. The highest BCUT2D eigenvalue weighted by atomic mass is 32.2. The average Bonchev–Trinajstić information content (AvgIpc) is 3.33. The smallest absolute Gasteiger partial charge is 0.191 e. The van der Waals surface area contributed by atoms with Crippen LogP contribution < -0.4 is 0 Å². The quantitative estimate of drug-likeness (QED) is 0.361. The zero-order valence-electron chi connectivity index (χ0n) is 14.8. The molecule has 0 unspecified atom stereocenters. The highest BCUT2D eigenvalue weighted by Gasteiger charge is 2.12. The standard InChI is InChI=1S/C18H18N8S/c1-25-17(14-7-5-11-19-13-14)21-22-18(25)27-12-6-10-16-20-23-24-26(16)15-8-3-2-4-9-15/h2-5,7-9,11,13H,6,10,12H2,1H3. The maximum absolute atomic E-state index is 4.29. The van der Waals surface area contributed by atoms with Crippen molar-refractivity contribution in [3.05, 3.63) is 60.7 Å². The Hall–Kier alpha value is -3.07. The van der Waals surface area contributed by atoms with Crippen molar-refractivity contribution >= 4 is 11.8 Å². The Balaban J connectivity index is 1.36. The summed E-state index contributed by atoms with van der Waals surface area (Å²) in [6.07, 6.45) is 5.27. The molecule has 0 atom stereocenters. The first-order chi connectivity index (χ1) is 13.3. The maximum atomic E-state index is 4.29. The number of para-hydroxylation sites is 1. The number of pyridine rings is 1. The molecule has 1 aromatic carbocycles. The molecular formula is C18H18N8S. The topological polar surface area (TPSA) is 87.2 Å². The normalized spacial score (nSPS) is 11.0. The van der Waals surface area contributed by atoms with Gasteiger partial charge in [0.15, 0.2) is 16.8 Å². The first-order valence-corrected chi connectivity index (χ1v) is 9.57. The van der Waals surface area contributed by atoms with Crippen LogP contribution in [-0.2, 0) is 13.5 Å². The summed E-state index contributed by atoms with van der Waals surface area (Å²) in [7, 11) is 1.97. The summed E-state index contributed by atoms with van der Waals surface area (Å²) in [6.45, 7) is 0. The number of thioether (sulfide) groups is 1. The van der Waals surface area contributed by atoms with Gasteiger partial charge in [-0.3, -0.25) is 4.98 Å². The Morgan fingerprint density at radius 2 is 1.89 bits per heavy atom. The van der Waals surface area contributed by atoms with Crippen molar-refractivity contribution in [1.29, 1.82) is 0 Å². The van der Waals surface area contributed by atoms with Crippen molar-refractivity contribution < 1.29 is 0 Å². The molecular weight excluding hydrogens is 360 g/mol. The fourth-order valence-electron chi connectivity index (χ4n) is 2.71. The van der Waals surface area contributed by atoms with E-state index in [9.17, 15) is 0 Å². The fraction of sp³-hybridized carbons (Fsp3) is 0.222. The van der Waals surface area contributed by atoms with Gasteiger partial charge >= 0.3 is 0 Å². The van der Waals surface area contributed by atoms with Gasteiger partial charge < -0.3 is 4.57 Å². The van der Waals surface area contributed by atoms with E-state index in [1.807, 2.05) is 54.1 Å². The Kier molecular flexibility index (Phi) is 5.20. The molecule has 0 aliphatic rings. The minimum atomic E-state index is 0.794. The van der Waals surface area contributed by atoms with Gasteiger partial charge in [-0.2, -0.15) is 4.68 Å². The second-order valence-corrected chi connectivity index (χ2v) is 6.96. The zero-order chi connectivity index (χ0) is 18.5. The summed E-state index contributed by atoms with van der Waals surface area (Å²) in [6, 6.07) is 13.8. The van der Waals surface area contributed by atoms with Crippen LogP contribution in [0.5, 0.6) is 0 Å². The Morgan fingerprint density at radius 3 is 2.70 bits per heavy atom. The van der Waals surface area contributed by atoms with Crippen molar-refractivity contribution in [2.24, 2.45) is 7.05 Å². The van der Waals surface area contributed by atoms with Gasteiger partial charge in [0.25, 0.3) is 0 Å². The lowest BCUT2D eigenvalue weighted by atomic mass is 10.3. The Bertz CT molecular complexity index is 997. The summed E-state index contributed by atoms with van der Waals surface area (Å²) in [5, 5.41) is 21.5. The van der Waals surface area contributed by atoms with Crippen molar-refractivity contribution in [3.63, 3.8) is 0 Å². The molecule has 0 bridgehead atoms. The zero-order valence-corrected chi connectivity index (χ0v) is 15.6. The lowest BCUT2D eigenvalue weighted by Gasteiger charge is -2.05. The van der Waals surface area contributed by atoms with E-state index in [-0.39, 0.29) is 0 Å². The average molecular weight is 378 g/mol. The third-order valence-electron chi connectivity index (χ3n) is 4.07. The molecule has 0 spiro atoms. The summed E-state index contributed by atoms with van der Waals surface area (Å²) in [5.74, 6) is 2.58. The van der Waals surface area contributed by atoms with Crippen LogP contribution in [0.1, 0.15) is 12.2 Å². The van der Waals surface area contributed by atoms with Gasteiger partial charge in [0, 0.05) is 37.2 Å². The molecule has 8 nitrogen and oxygen atoms in total. The number of nitrogens with zero attached hydrogens (tertiary/aromatic N) is 8. The highest BCUT2D eigenvalue weighted by Crippen LogP contribution is 2.22. The van der Waals surface area contributed by atoms with E-state index in [0.717, 1.165) is 46.7 Å². The van der Waals surface area contributed by atoms with Gasteiger partial charge in [-0.05, 0) is 41.1 Å². The Labute approximate surface area is 160 Å². The van der Waals surface area contributed by atoms with Gasteiger partial charge in [0.1, 0.15) is 0 Å². The first kappa shape index (κ1) is 17.3. The van der Waals surface area contributed by atoms with Crippen LogP contribution in [0.3, 0.4) is 0 Å². The van der Waals surface area contributed by atoms with Crippen LogP contribution in [0.15, 0.2) is 60.0 Å². The summed E-state index contributed by atoms with van der Waals surface area (Å²) in [4.78, 5) is 4.14. The van der Waals surface area contributed by atoms with Gasteiger partial charge in [0.2, 0.25) is 0 Å². The molecule has 4 rings (SSSR count). The lowest BCUT2D eigenvalue weighted by molar-refractivity contribution is 0.745. The predicted molar refractivity (Wildman–Crippen MR) is 102 cm³/mol. The van der Waals surface area contributed by atoms with Crippen LogP contribution in [-0.4, -0.2) is 45.7 Å². The number of hydrogen-bond acceptors (Lipinski definition) is 7. The van der Waals surface area contributed by atoms with Gasteiger partial charge in [-0.25, -0.2) is 0 Å². The molecule has 136 valence electrons. The van der Waals surface area contributed by atoms with Crippen LogP contribution in [0.2, 0.25) is 0 Å². The highest BCUT2D eigenvalue weighted by molar-refractivity contribution is 7.99. The molecule has 4 aromatic rings. The number of tetrazole rings is 1. The number of aromatic nitrogens is 8. The molecule has 27 heavy (non-hydrogen) atoms. The molecule has 0 aliphatic carbocycles. The fourth-order valence-corrected chi connectivity index (χ4v) is 3.56. The second kappa shape index (κ2) is 8.09. The largest absolute Gasteiger partial charge is 0.305 e. The number of rotatable bonds is 7. The summed E-state index contributed by atoms with van der Waals surface area (Å²) < 4.78 is 3.78. The van der Waals surface area contributed by atoms with E-state index in [1.54, 1.807) is 28.8 Å². The second-order valence-electron chi connectivity index (χ2n) is 5.90. The predicted octanol–water partition coefficient (Wildman–Crippen LogP) is 2.58. The third-order valence-corrected chi connectivity index (χ3v) is 5.17. The van der Waals surface area contributed by atoms with E-state index in [4.69, 9.17) is 0 Å². The van der Waals surface area contributed by atoms with E-state index >= 15 is 0 Å². The third kappa shape index (κ3) is 3.87. The molecule has 0 aliphatic heterocycles. The summed E-state index contributed by atoms with van der Waals surface area (Å²) >= 11 is 1.68. The minimum Gasteiger partial charge on any atom is -0.305 e. The van der Waals surface area contributed by atoms with Crippen molar-refractivity contribution in [2.45, 2.75) is 18.0 Å². The van der Waals surface area contributed by atoms with Crippen LogP contribution >= 0.6 is 11.8 Å². The van der Waals surface area contributed by atoms with Gasteiger partial charge in [0.05, 0.1) is 5.69 Å². The summed E-state index contributed by atoms with van der Waals surface area (Å²) in [5.41, 5.74) is 1.93. The minimum absolute atomic E-state index is 0.794. The molecule has 9 heteroatoms. The SMILES string of the molecule is Cn1c(SCCCc2nnnn2-c2ccccc2)nnc1-c1cccnc1. The van der Waals surface area contributed by atoms with E-state index < -0.39 is 0 Å². The lowest BCUT2D eigenvalue weighted by Crippen LogP contribution is -2.04. The van der Waals surface area contributed by atoms with Crippen molar-refractivity contribution in [2.75, 3.05) is 5.75 Å². The monoisotopic (exact) mass is 378 g/mol. The molecule has 3 aromatic heterocycles. The molecule has 0 saturated carbocycles. The molecule has 0 amide bonds. The van der Waals surface area contributed by atoms with E-state index in [0.29, 0.717) is 0 Å². The van der Waals surface area contributed by atoms with Gasteiger partial charge in [-0.1, -0.05) is 30.0 Å². The van der Waals surface area contributed by atoms with E-state index in [2.05, 4.69) is 30.7 Å². The molecule has 0 fully saturated rings. The van der Waals surface area contributed by atoms with Crippen LogP contribution in [0, 0.1) is 0 Å². The molecule has 3 heterocycles. The molecule has 0 N–H and O–H groups in total. The molecule has 0 radical (unpaired) electrons. The van der Waals surface area contributed by atoms with E-state index in [1.165, 1.54) is 0 Å². The van der Waals surface area contributed by atoms with Crippen LogP contribution in [0.4, 0.5) is 0 Å². The number of hydrogen-bond donors (Lipinski definition) is 0. The number of benzene rings is 1. The van der Waals surface area contributed by atoms with Crippen LogP contribution in [0.25, 0.3) is 17.1 Å². The number of aryl methyl sites for hydroxylation is 1. The van der Waals surface area contributed by atoms with Crippen molar-refractivity contribution in [3.8, 4) is 17.1 Å². The molecule has 0 saturated heterocycles. The van der Waals surface area contributed by atoms with Gasteiger partial charge in [-0.15, -0.1) is 15.3 Å². The first-order valence-electron chi connectivity index (χ1n) is 8.58. The van der Waals surface area contributed by atoms with Crippen molar-refractivity contribution in [1.82, 2.24) is 40.0 Å². The Morgan fingerprint density at radius 1 is 1.00 bits per heavy atom.